The fourth-order valence-electron chi connectivity index (χ4n) is 2.03. The number of hydrogen-bond donors (Lipinski definition) is 3. The first-order chi connectivity index (χ1) is 7.93. The first-order valence-electron chi connectivity index (χ1n) is 5.59. The first-order valence-corrected chi connectivity index (χ1v) is 6.11. The lowest BCUT2D eigenvalue weighted by Crippen LogP contribution is -2.40. The lowest BCUT2D eigenvalue weighted by molar-refractivity contribution is -0.138. The molecule has 0 saturated carbocycles. The van der Waals surface area contributed by atoms with Gasteiger partial charge in [0.15, 0.2) is 0 Å². The maximum atomic E-state index is 11.0. The molecule has 0 fully saturated rings. The van der Waals surface area contributed by atoms with Gasteiger partial charge in [0.1, 0.15) is 0 Å². The first kappa shape index (κ1) is 14.1. The van der Waals surface area contributed by atoms with Gasteiger partial charge in [0, 0.05) is 12.2 Å². The highest BCUT2D eigenvalue weighted by Gasteiger charge is 2.29. The second kappa shape index (κ2) is 6.07. The number of aromatic nitrogens is 2. The van der Waals surface area contributed by atoms with Gasteiger partial charge in [-0.1, -0.05) is 0 Å². The van der Waals surface area contributed by atoms with Gasteiger partial charge in [0.05, 0.1) is 29.9 Å². The van der Waals surface area contributed by atoms with E-state index >= 15 is 0 Å². The van der Waals surface area contributed by atoms with E-state index in [-0.39, 0.29) is 23.9 Å². The third kappa shape index (κ3) is 3.74. The molecule has 0 amide bonds. The molecule has 1 heterocycles. The third-order valence-corrected chi connectivity index (χ3v) is 2.88. The van der Waals surface area contributed by atoms with Gasteiger partial charge < -0.3 is 10.1 Å². The number of aliphatic carboxylic acids is 1. The zero-order valence-corrected chi connectivity index (χ0v) is 11.2. The number of nitrogens with zero attached hydrogens (tertiary/aromatic N) is 2. The maximum Gasteiger partial charge on any atom is 0.305 e. The van der Waals surface area contributed by atoms with Crippen LogP contribution in [-0.4, -0.2) is 37.4 Å². The Kier molecular flexibility index (Phi) is 5.02. The Labute approximate surface area is 107 Å². The van der Waals surface area contributed by atoms with Crippen LogP contribution in [0, 0.1) is 0 Å². The lowest BCUT2D eigenvalue weighted by Gasteiger charge is -2.36. The minimum atomic E-state index is -0.836. The molecule has 0 radical (unpaired) electrons. The molecule has 0 aromatic carbocycles. The molecule has 2 atom stereocenters. The van der Waals surface area contributed by atoms with Gasteiger partial charge in [0.2, 0.25) is 0 Å². The molecular formula is C11H19N3O2S. The smallest absolute Gasteiger partial charge is 0.305 e. The van der Waals surface area contributed by atoms with Crippen molar-refractivity contribution in [3.8, 4) is 0 Å². The predicted octanol–water partition coefficient (Wildman–Crippen LogP) is 1.91. The number of carbonyl (C=O) groups is 1. The third-order valence-electron chi connectivity index (χ3n) is 2.62. The molecular weight excluding hydrogens is 238 g/mol. The van der Waals surface area contributed by atoms with Crippen molar-refractivity contribution in [1.29, 1.82) is 0 Å². The van der Waals surface area contributed by atoms with Crippen LogP contribution in [-0.2, 0) is 4.79 Å². The molecule has 6 heteroatoms. The van der Waals surface area contributed by atoms with E-state index in [1.807, 2.05) is 25.7 Å². The molecule has 0 aliphatic rings. The topological polar surface area (TPSA) is 69.2 Å². The summed E-state index contributed by atoms with van der Waals surface area (Å²) in [6, 6.07) is -0.0604. The molecule has 1 rings (SSSR count). The summed E-state index contributed by atoms with van der Waals surface area (Å²) >= 11 is 4.42. The van der Waals surface area contributed by atoms with Crippen LogP contribution in [0.4, 0.5) is 0 Å². The summed E-state index contributed by atoms with van der Waals surface area (Å²) in [4.78, 5) is 20.0. The van der Waals surface area contributed by atoms with Crippen LogP contribution in [0.15, 0.2) is 12.5 Å². The van der Waals surface area contributed by atoms with Gasteiger partial charge in [-0.3, -0.25) is 9.69 Å². The normalized spacial score (nSPS) is 15.2. The Bertz CT molecular complexity index is 344. The number of H-pyrrole nitrogens is 1. The van der Waals surface area contributed by atoms with Crippen molar-refractivity contribution in [3.05, 3.63) is 18.2 Å². The summed E-state index contributed by atoms with van der Waals surface area (Å²) < 4.78 is 0. The molecule has 96 valence electrons. The number of nitrogens with one attached hydrogen (secondary N) is 1. The zero-order valence-electron chi connectivity index (χ0n) is 10.3. The minimum Gasteiger partial charge on any atom is -0.481 e. The van der Waals surface area contributed by atoms with Crippen LogP contribution in [0.5, 0.6) is 0 Å². The monoisotopic (exact) mass is 257 g/mol. The summed E-state index contributed by atoms with van der Waals surface area (Å²) in [7, 11) is 0. The number of carboxylic acid groups (broad SMARTS) is 1. The van der Waals surface area contributed by atoms with E-state index in [1.165, 1.54) is 0 Å². The average molecular weight is 257 g/mol. The van der Waals surface area contributed by atoms with E-state index < -0.39 is 5.97 Å². The molecule has 0 aliphatic carbocycles. The van der Waals surface area contributed by atoms with Crippen molar-refractivity contribution in [1.82, 2.24) is 14.9 Å². The van der Waals surface area contributed by atoms with Crippen molar-refractivity contribution < 1.29 is 9.90 Å². The highest BCUT2D eigenvalue weighted by Crippen LogP contribution is 2.28. The second-order valence-corrected chi connectivity index (χ2v) is 5.03. The highest BCUT2D eigenvalue weighted by atomic mass is 32.1. The van der Waals surface area contributed by atoms with E-state index in [9.17, 15) is 4.79 Å². The van der Waals surface area contributed by atoms with E-state index in [0.29, 0.717) is 0 Å². The summed E-state index contributed by atoms with van der Waals surface area (Å²) in [5.41, 5.74) is 0.738. The SMILES string of the molecule is CC(C)N(C(CC(=O)O)c1c[nH]cn1)[C@H](C)S. The molecule has 2 N–H and O–H groups in total. The lowest BCUT2D eigenvalue weighted by atomic mass is 10.1. The van der Waals surface area contributed by atoms with Crippen LogP contribution in [0.1, 0.15) is 38.9 Å². The highest BCUT2D eigenvalue weighted by molar-refractivity contribution is 7.80. The van der Waals surface area contributed by atoms with Crippen LogP contribution in [0.25, 0.3) is 0 Å². The molecule has 0 saturated heterocycles. The average Bonchev–Trinajstić information content (AvgIpc) is 2.66. The van der Waals surface area contributed by atoms with Crippen molar-refractivity contribution in [2.75, 3.05) is 0 Å². The Balaban J connectivity index is 2.99. The van der Waals surface area contributed by atoms with Crippen LogP contribution in [0.2, 0.25) is 0 Å². The quantitative estimate of drug-likeness (QED) is 0.538. The number of hydrogen-bond acceptors (Lipinski definition) is 4. The number of imidazole rings is 1. The van der Waals surface area contributed by atoms with Gasteiger partial charge >= 0.3 is 5.97 Å². The molecule has 5 nitrogen and oxygen atoms in total. The summed E-state index contributed by atoms with van der Waals surface area (Å²) in [5.74, 6) is -0.836. The Morgan fingerprint density at radius 2 is 2.24 bits per heavy atom. The molecule has 17 heavy (non-hydrogen) atoms. The largest absolute Gasteiger partial charge is 0.481 e. The van der Waals surface area contributed by atoms with Crippen LogP contribution in [0.3, 0.4) is 0 Å². The van der Waals surface area contributed by atoms with E-state index in [1.54, 1.807) is 12.5 Å². The molecule has 0 aliphatic heterocycles. The standard InChI is InChI=1S/C11H19N3O2S/c1-7(2)14(8(3)17)10(4-11(15)16)9-5-12-6-13-9/h5-8,10,17H,4H2,1-3H3,(H,12,13)(H,15,16)/t8-,10?/m0/s1. The van der Waals surface area contributed by atoms with Crippen molar-refractivity contribution in [2.45, 2.75) is 44.6 Å². The van der Waals surface area contributed by atoms with Crippen molar-refractivity contribution >= 4 is 18.6 Å². The van der Waals surface area contributed by atoms with Crippen LogP contribution < -0.4 is 0 Å². The number of aromatic amines is 1. The Hall–Kier alpha value is -1.01. The predicted molar refractivity (Wildman–Crippen MR) is 69.0 cm³/mol. The zero-order chi connectivity index (χ0) is 13.0. The minimum absolute atomic E-state index is 0.0218. The molecule has 0 spiro atoms. The Morgan fingerprint density at radius 3 is 2.59 bits per heavy atom. The molecule has 1 aromatic heterocycles. The number of rotatable bonds is 6. The van der Waals surface area contributed by atoms with Crippen molar-refractivity contribution in [2.24, 2.45) is 0 Å². The molecule has 1 unspecified atom stereocenters. The maximum absolute atomic E-state index is 11.0. The molecule has 0 bridgehead atoms. The van der Waals surface area contributed by atoms with Gasteiger partial charge in [-0.25, -0.2) is 4.98 Å². The fourth-order valence-corrected chi connectivity index (χ4v) is 2.46. The van der Waals surface area contributed by atoms with Gasteiger partial charge in [-0.15, -0.1) is 0 Å². The van der Waals surface area contributed by atoms with E-state index in [0.717, 1.165) is 5.69 Å². The second-order valence-electron chi connectivity index (χ2n) is 4.28. The summed E-state index contributed by atoms with van der Waals surface area (Å²) in [5, 5.41) is 8.97. The fraction of sp³-hybridized carbons (Fsp3) is 0.636. The Morgan fingerprint density at radius 1 is 1.59 bits per heavy atom. The van der Waals surface area contributed by atoms with Gasteiger partial charge in [-0.2, -0.15) is 12.6 Å². The molecule has 1 aromatic rings. The van der Waals surface area contributed by atoms with Gasteiger partial charge in [0.25, 0.3) is 0 Å². The number of carboxylic acids is 1. The van der Waals surface area contributed by atoms with Crippen molar-refractivity contribution in [3.63, 3.8) is 0 Å². The van der Waals surface area contributed by atoms with E-state index in [2.05, 4.69) is 22.6 Å². The number of thiol groups is 1. The van der Waals surface area contributed by atoms with E-state index in [4.69, 9.17) is 5.11 Å². The summed E-state index contributed by atoms with van der Waals surface area (Å²) in [6.45, 7) is 5.98. The summed E-state index contributed by atoms with van der Waals surface area (Å²) in [6.07, 6.45) is 3.32. The van der Waals surface area contributed by atoms with Gasteiger partial charge in [-0.05, 0) is 20.8 Å². The van der Waals surface area contributed by atoms with Crippen LogP contribution >= 0.6 is 12.6 Å².